The van der Waals surface area contributed by atoms with Crippen LogP contribution in [0.3, 0.4) is 0 Å². The van der Waals surface area contributed by atoms with Gasteiger partial charge in [-0.25, -0.2) is 10.4 Å². The van der Waals surface area contributed by atoms with Crippen molar-refractivity contribution in [3.63, 3.8) is 0 Å². The third kappa shape index (κ3) is 3.84. The molecule has 0 unspecified atom stereocenters. The van der Waals surface area contributed by atoms with E-state index in [1.807, 2.05) is 26.0 Å². The molecule has 3 aromatic rings. The van der Waals surface area contributed by atoms with Crippen LogP contribution >= 0.6 is 22.9 Å². The molecule has 0 aliphatic carbocycles. The zero-order valence-corrected chi connectivity index (χ0v) is 16.1. The third-order valence-electron chi connectivity index (χ3n) is 4.03. The highest BCUT2D eigenvalue weighted by Gasteiger charge is 2.13. The Morgan fingerprint density at radius 1 is 1.31 bits per heavy atom. The highest BCUT2D eigenvalue weighted by molar-refractivity contribution is 7.18. The number of rotatable bonds is 4. The number of thiophene rings is 1. The van der Waals surface area contributed by atoms with Crippen LogP contribution in [0.25, 0.3) is 10.2 Å². The SMILES string of the molecule is C/C(=N/NC(=O)Cc1nc2sc(C)c(C)c2c(=O)[nH]1)c1ccc(Cl)cc1. The van der Waals surface area contributed by atoms with Gasteiger partial charge in [-0.15, -0.1) is 11.3 Å². The summed E-state index contributed by atoms with van der Waals surface area (Å²) in [5, 5.41) is 5.31. The van der Waals surface area contributed by atoms with Crippen molar-refractivity contribution in [2.45, 2.75) is 27.2 Å². The minimum Gasteiger partial charge on any atom is -0.309 e. The highest BCUT2D eigenvalue weighted by atomic mass is 35.5. The normalized spacial score (nSPS) is 11.8. The van der Waals surface area contributed by atoms with E-state index in [4.69, 9.17) is 11.6 Å². The first kappa shape index (κ1) is 18.3. The van der Waals surface area contributed by atoms with Crippen LogP contribution in [0.2, 0.25) is 5.02 Å². The molecule has 2 heterocycles. The number of carbonyl (C=O) groups is 1. The summed E-state index contributed by atoms with van der Waals surface area (Å²) >= 11 is 7.30. The van der Waals surface area contributed by atoms with Crippen molar-refractivity contribution in [2.75, 3.05) is 0 Å². The second kappa shape index (κ2) is 7.39. The van der Waals surface area contributed by atoms with Crippen LogP contribution in [-0.4, -0.2) is 21.6 Å². The lowest BCUT2D eigenvalue weighted by Gasteiger charge is -2.03. The topological polar surface area (TPSA) is 87.2 Å². The molecule has 8 heteroatoms. The van der Waals surface area contributed by atoms with Gasteiger partial charge in [-0.05, 0) is 44.0 Å². The van der Waals surface area contributed by atoms with Crippen LogP contribution < -0.4 is 11.0 Å². The first-order valence-electron chi connectivity index (χ1n) is 7.93. The third-order valence-corrected chi connectivity index (χ3v) is 5.38. The van der Waals surface area contributed by atoms with E-state index in [1.54, 1.807) is 19.1 Å². The Hall–Kier alpha value is -2.51. The molecule has 6 nitrogen and oxygen atoms in total. The summed E-state index contributed by atoms with van der Waals surface area (Å²) in [6.07, 6.45) is -0.0570. The fourth-order valence-electron chi connectivity index (χ4n) is 2.48. The maximum absolute atomic E-state index is 12.2. The number of benzene rings is 1. The maximum atomic E-state index is 12.2. The Bertz CT molecular complexity index is 1070. The fourth-order valence-corrected chi connectivity index (χ4v) is 3.65. The van der Waals surface area contributed by atoms with E-state index in [9.17, 15) is 9.59 Å². The van der Waals surface area contributed by atoms with Gasteiger partial charge in [0.15, 0.2) is 0 Å². The van der Waals surface area contributed by atoms with Crippen LogP contribution in [0.4, 0.5) is 0 Å². The number of nitrogens with one attached hydrogen (secondary N) is 2. The Kier molecular flexibility index (Phi) is 5.20. The smallest absolute Gasteiger partial charge is 0.259 e. The minimum atomic E-state index is -0.356. The molecule has 0 aliphatic heterocycles. The number of aryl methyl sites for hydroxylation is 2. The van der Waals surface area contributed by atoms with Crippen molar-refractivity contribution in [1.82, 2.24) is 15.4 Å². The number of hydrazone groups is 1. The summed E-state index contributed by atoms with van der Waals surface area (Å²) in [6.45, 7) is 5.63. The van der Waals surface area contributed by atoms with Crippen LogP contribution in [0.1, 0.15) is 28.8 Å². The van der Waals surface area contributed by atoms with Gasteiger partial charge in [0.05, 0.1) is 17.5 Å². The largest absolute Gasteiger partial charge is 0.309 e. The molecule has 26 heavy (non-hydrogen) atoms. The van der Waals surface area contributed by atoms with Gasteiger partial charge in [0.25, 0.3) is 5.56 Å². The Labute approximate surface area is 158 Å². The lowest BCUT2D eigenvalue weighted by Crippen LogP contribution is -2.24. The van der Waals surface area contributed by atoms with Gasteiger partial charge in [0.2, 0.25) is 5.91 Å². The molecule has 2 aromatic heterocycles. The second-order valence-corrected chi connectivity index (χ2v) is 7.53. The van der Waals surface area contributed by atoms with Gasteiger partial charge in [-0.2, -0.15) is 5.10 Å². The summed E-state index contributed by atoms with van der Waals surface area (Å²) in [5.41, 5.74) is 4.70. The van der Waals surface area contributed by atoms with Crippen molar-refractivity contribution >= 4 is 44.8 Å². The molecule has 3 rings (SSSR count). The lowest BCUT2D eigenvalue weighted by molar-refractivity contribution is -0.120. The van der Waals surface area contributed by atoms with Gasteiger partial charge in [-0.1, -0.05) is 23.7 Å². The number of aromatic amines is 1. The number of hydrogen-bond donors (Lipinski definition) is 2. The van der Waals surface area contributed by atoms with Crippen molar-refractivity contribution in [3.05, 3.63) is 61.5 Å². The van der Waals surface area contributed by atoms with E-state index in [2.05, 4.69) is 20.5 Å². The predicted octanol–water partition coefficient (Wildman–Crippen LogP) is 3.34. The molecule has 0 atom stereocenters. The zero-order valence-electron chi connectivity index (χ0n) is 14.5. The van der Waals surface area contributed by atoms with Crippen LogP contribution in [-0.2, 0) is 11.2 Å². The monoisotopic (exact) mass is 388 g/mol. The number of hydrogen-bond acceptors (Lipinski definition) is 5. The predicted molar refractivity (Wildman–Crippen MR) is 105 cm³/mol. The fraction of sp³-hybridized carbons (Fsp3) is 0.222. The quantitative estimate of drug-likeness (QED) is 0.530. The molecule has 1 amide bonds. The van der Waals surface area contributed by atoms with Gasteiger partial charge >= 0.3 is 0 Å². The van der Waals surface area contributed by atoms with E-state index in [0.717, 1.165) is 16.0 Å². The number of amides is 1. The average molecular weight is 389 g/mol. The number of nitrogens with zero attached hydrogens (tertiary/aromatic N) is 2. The molecule has 2 N–H and O–H groups in total. The standard InChI is InChI=1S/C18H17ClN4O2S/c1-9-11(3)26-18-16(9)17(25)20-14(21-18)8-15(24)23-22-10(2)12-4-6-13(19)7-5-12/h4-7H,8H2,1-3H3,(H,23,24)(H,20,21,25)/b22-10-. The highest BCUT2D eigenvalue weighted by Crippen LogP contribution is 2.25. The van der Waals surface area contributed by atoms with Gasteiger partial charge in [0, 0.05) is 9.90 Å². The summed E-state index contributed by atoms with van der Waals surface area (Å²) < 4.78 is 0. The van der Waals surface area contributed by atoms with E-state index in [0.29, 0.717) is 26.8 Å². The number of aromatic nitrogens is 2. The number of carbonyl (C=O) groups excluding carboxylic acids is 1. The average Bonchev–Trinajstić information content (AvgIpc) is 2.88. The summed E-state index contributed by atoms with van der Waals surface area (Å²) in [5.74, 6) is -0.0357. The van der Waals surface area contributed by atoms with Gasteiger partial charge < -0.3 is 4.98 Å². The molecular formula is C18H17ClN4O2S. The number of fused-ring (bicyclic) bond motifs is 1. The van der Waals surface area contributed by atoms with Gasteiger partial charge in [0.1, 0.15) is 10.7 Å². The van der Waals surface area contributed by atoms with Crippen LogP contribution in [0, 0.1) is 13.8 Å². The van der Waals surface area contributed by atoms with Crippen LogP contribution in [0.5, 0.6) is 0 Å². The Morgan fingerprint density at radius 2 is 2.00 bits per heavy atom. The lowest BCUT2D eigenvalue weighted by atomic mass is 10.1. The van der Waals surface area contributed by atoms with Crippen molar-refractivity contribution < 1.29 is 4.79 Å². The summed E-state index contributed by atoms with van der Waals surface area (Å²) in [6, 6.07) is 7.16. The molecule has 1 aromatic carbocycles. The summed E-state index contributed by atoms with van der Waals surface area (Å²) in [4.78, 5) is 33.1. The number of H-pyrrole nitrogens is 1. The first-order chi connectivity index (χ1) is 12.3. The maximum Gasteiger partial charge on any atom is 0.259 e. The van der Waals surface area contributed by atoms with Crippen molar-refractivity contribution in [2.24, 2.45) is 5.10 Å². The van der Waals surface area contributed by atoms with Crippen molar-refractivity contribution in [1.29, 1.82) is 0 Å². The molecule has 0 radical (unpaired) electrons. The Balaban J connectivity index is 1.74. The zero-order chi connectivity index (χ0) is 18.8. The Morgan fingerprint density at radius 3 is 2.69 bits per heavy atom. The molecule has 0 saturated carbocycles. The summed E-state index contributed by atoms with van der Waals surface area (Å²) in [7, 11) is 0. The van der Waals surface area contributed by atoms with Gasteiger partial charge in [-0.3, -0.25) is 9.59 Å². The molecule has 0 spiro atoms. The van der Waals surface area contributed by atoms with E-state index in [-0.39, 0.29) is 17.9 Å². The molecule has 0 aliphatic rings. The molecule has 134 valence electrons. The molecule has 0 bridgehead atoms. The van der Waals surface area contributed by atoms with E-state index in [1.165, 1.54) is 11.3 Å². The minimum absolute atomic E-state index is 0.0570. The second-order valence-electron chi connectivity index (χ2n) is 5.89. The first-order valence-corrected chi connectivity index (χ1v) is 9.12. The van der Waals surface area contributed by atoms with E-state index < -0.39 is 0 Å². The van der Waals surface area contributed by atoms with Crippen LogP contribution in [0.15, 0.2) is 34.2 Å². The molecule has 0 saturated heterocycles. The number of halogens is 1. The van der Waals surface area contributed by atoms with Crippen molar-refractivity contribution in [3.8, 4) is 0 Å². The van der Waals surface area contributed by atoms with E-state index >= 15 is 0 Å². The molecular weight excluding hydrogens is 372 g/mol. The molecule has 0 fully saturated rings.